The van der Waals surface area contributed by atoms with Crippen molar-refractivity contribution >= 4 is 5.91 Å². The molecule has 0 aromatic heterocycles. The molecule has 2 rings (SSSR count). The lowest BCUT2D eigenvalue weighted by Gasteiger charge is -2.12. The quantitative estimate of drug-likeness (QED) is 0.746. The number of amides is 1. The van der Waals surface area contributed by atoms with Crippen LogP contribution in [0.1, 0.15) is 11.1 Å². The molecule has 0 saturated carbocycles. The standard InChI is InChI=1S/C20H25NO5/c1-23-16-7-6-15(18(13-16)25-3)9-10-21-20(22)12-14-5-8-17(24-2)19(11-14)26-4/h5-8,11,13H,9-10,12H2,1-4H3,(H,21,22). The van der Waals surface area contributed by atoms with Gasteiger partial charge in [-0.05, 0) is 35.7 Å². The highest BCUT2D eigenvalue weighted by atomic mass is 16.5. The molecule has 0 heterocycles. The molecule has 0 radical (unpaired) electrons. The molecule has 6 nitrogen and oxygen atoms in total. The number of nitrogens with one attached hydrogen (secondary N) is 1. The van der Waals surface area contributed by atoms with Gasteiger partial charge in [-0.1, -0.05) is 12.1 Å². The van der Waals surface area contributed by atoms with Crippen LogP contribution in [0.4, 0.5) is 0 Å². The molecule has 140 valence electrons. The van der Waals surface area contributed by atoms with E-state index >= 15 is 0 Å². The molecule has 0 aliphatic carbocycles. The number of hydrogen-bond acceptors (Lipinski definition) is 5. The first-order valence-electron chi connectivity index (χ1n) is 8.29. The highest BCUT2D eigenvalue weighted by molar-refractivity contribution is 5.78. The molecular weight excluding hydrogens is 334 g/mol. The van der Waals surface area contributed by atoms with Crippen LogP contribution < -0.4 is 24.3 Å². The fourth-order valence-electron chi connectivity index (χ4n) is 2.63. The van der Waals surface area contributed by atoms with Crippen LogP contribution in [-0.4, -0.2) is 40.9 Å². The molecule has 1 N–H and O–H groups in total. The smallest absolute Gasteiger partial charge is 0.224 e. The van der Waals surface area contributed by atoms with Gasteiger partial charge in [0.05, 0.1) is 34.9 Å². The van der Waals surface area contributed by atoms with Crippen LogP contribution in [0.5, 0.6) is 23.0 Å². The van der Waals surface area contributed by atoms with Gasteiger partial charge in [0.1, 0.15) is 11.5 Å². The fourth-order valence-corrected chi connectivity index (χ4v) is 2.63. The monoisotopic (exact) mass is 359 g/mol. The number of carbonyl (C=O) groups is 1. The lowest BCUT2D eigenvalue weighted by molar-refractivity contribution is -0.120. The summed E-state index contributed by atoms with van der Waals surface area (Å²) in [6, 6.07) is 11.1. The van der Waals surface area contributed by atoms with E-state index in [4.69, 9.17) is 18.9 Å². The van der Waals surface area contributed by atoms with E-state index in [2.05, 4.69) is 5.32 Å². The molecule has 6 heteroatoms. The number of benzene rings is 2. The minimum absolute atomic E-state index is 0.0512. The van der Waals surface area contributed by atoms with Crippen LogP contribution in [0, 0.1) is 0 Å². The van der Waals surface area contributed by atoms with E-state index in [9.17, 15) is 4.79 Å². The molecule has 2 aromatic carbocycles. The molecule has 2 aromatic rings. The molecule has 0 aliphatic rings. The largest absolute Gasteiger partial charge is 0.497 e. The third-order valence-electron chi connectivity index (χ3n) is 4.02. The summed E-state index contributed by atoms with van der Waals surface area (Å²) in [4.78, 5) is 12.2. The Morgan fingerprint density at radius 3 is 2.23 bits per heavy atom. The maximum absolute atomic E-state index is 12.2. The molecule has 0 spiro atoms. The summed E-state index contributed by atoms with van der Waals surface area (Å²) in [5.74, 6) is 2.69. The summed E-state index contributed by atoms with van der Waals surface area (Å²) in [5, 5.41) is 2.93. The number of ether oxygens (including phenoxy) is 4. The molecule has 0 fully saturated rings. The van der Waals surface area contributed by atoms with Crippen molar-refractivity contribution in [3.8, 4) is 23.0 Å². The average Bonchev–Trinajstić information content (AvgIpc) is 2.67. The zero-order chi connectivity index (χ0) is 18.9. The molecule has 0 atom stereocenters. The van der Waals surface area contributed by atoms with Crippen molar-refractivity contribution < 1.29 is 23.7 Å². The summed E-state index contributed by atoms with van der Waals surface area (Å²) < 4.78 is 21.0. The van der Waals surface area contributed by atoms with Crippen LogP contribution in [0.3, 0.4) is 0 Å². The van der Waals surface area contributed by atoms with Gasteiger partial charge in [0.25, 0.3) is 0 Å². The lowest BCUT2D eigenvalue weighted by Crippen LogP contribution is -2.27. The normalized spacial score (nSPS) is 10.2. The highest BCUT2D eigenvalue weighted by Gasteiger charge is 2.09. The first-order valence-corrected chi connectivity index (χ1v) is 8.29. The van der Waals surface area contributed by atoms with Crippen LogP contribution in [0.15, 0.2) is 36.4 Å². The van der Waals surface area contributed by atoms with E-state index in [-0.39, 0.29) is 12.3 Å². The zero-order valence-electron chi connectivity index (χ0n) is 15.6. The van der Waals surface area contributed by atoms with Crippen molar-refractivity contribution in [2.75, 3.05) is 35.0 Å². The second-order valence-electron chi connectivity index (χ2n) is 5.64. The minimum Gasteiger partial charge on any atom is -0.497 e. The second kappa shape index (κ2) is 9.56. The maximum Gasteiger partial charge on any atom is 0.224 e. The van der Waals surface area contributed by atoms with Crippen molar-refractivity contribution in [1.82, 2.24) is 5.32 Å². The predicted molar refractivity (Wildman–Crippen MR) is 99.5 cm³/mol. The molecule has 1 amide bonds. The summed E-state index contributed by atoms with van der Waals surface area (Å²) >= 11 is 0. The summed E-state index contributed by atoms with van der Waals surface area (Å²) in [6.07, 6.45) is 0.949. The van der Waals surface area contributed by atoms with Crippen molar-refractivity contribution in [2.24, 2.45) is 0 Å². The Hall–Kier alpha value is -2.89. The van der Waals surface area contributed by atoms with Crippen molar-refractivity contribution in [3.05, 3.63) is 47.5 Å². The number of rotatable bonds is 9. The lowest BCUT2D eigenvalue weighted by atomic mass is 10.1. The van der Waals surface area contributed by atoms with E-state index in [1.165, 1.54) is 0 Å². The summed E-state index contributed by atoms with van der Waals surface area (Å²) in [5.41, 5.74) is 1.88. The van der Waals surface area contributed by atoms with Gasteiger partial charge < -0.3 is 24.3 Å². The number of carbonyl (C=O) groups excluding carboxylic acids is 1. The summed E-state index contributed by atoms with van der Waals surface area (Å²) in [6.45, 7) is 0.523. The molecule has 0 unspecified atom stereocenters. The third-order valence-corrected chi connectivity index (χ3v) is 4.02. The van der Waals surface area contributed by atoms with Gasteiger partial charge in [-0.2, -0.15) is 0 Å². The Kier molecular flexibility index (Phi) is 7.14. The number of hydrogen-bond donors (Lipinski definition) is 1. The predicted octanol–water partition coefficient (Wildman–Crippen LogP) is 2.62. The Balaban J connectivity index is 1.89. The summed E-state index contributed by atoms with van der Waals surface area (Å²) in [7, 11) is 6.39. The van der Waals surface area contributed by atoms with Crippen molar-refractivity contribution in [1.29, 1.82) is 0 Å². The topological polar surface area (TPSA) is 66.0 Å². The van der Waals surface area contributed by atoms with Gasteiger partial charge >= 0.3 is 0 Å². The van der Waals surface area contributed by atoms with Crippen LogP contribution in [0.2, 0.25) is 0 Å². The Bertz CT molecular complexity index is 745. The van der Waals surface area contributed by atoms with E-state index in [1.54, 1.807) is 34.5 Å². The maximum atomic E-state index is 12.2. The van der Waals surface area contributed by atoms with Crippen molar-refractivity contribution in [3.63, 3.8) is 0 Å². The Labute approximate surface area is 154 Å². The van der Waals surface area contributed by atoms with Gasteiger partial charge in [0, 0.05) is 12.6 Å². The van der Waals surface area contributed by atoms with E-state index in [0.29, 0.717) is 24.5 Å². The van der Waals surface area contributed by atoms with Gasteiger partial charge in [0.2, 0.25) is 5.91 Å². The SMILES string of the molecule is COc1ccc(CCNC(=O)Cc2ccc(OC)c(OC)c2)c(OC)c1. The minimum atomic E-state index is -0.0512. The van der Waals surface area contributed by atoms with Gasteiger partial charge in [-0.25, -0.2) is 0 Å². The van der Waals surface area contributed by atoms with E-state index in [1.807, 2.05) is 30.3 Å². The molecule has 0 saturated heterocycles. The van der Waals surface area contributed by atoms with Crippen molar-refractivity contribution in [2.45, 2.75) is 12.8 Å². The Morgan fingerprint density at radius 1 is 0.846 bits per heavy atom. The zero-order valence-corrected chi connectivity index (χ0v) is 15.6. The number of methoxy groups -OCH3 is 4. The van der Waals surface area contributed by atoms with Crippen LogP contribution in [0.25, 0.3) is 0 Å². The van der Waals surface area contributed by atoms with Crippen LogP contribution in [-0.2, 0) is 17.6 Å². The highest BCUT2D eigenvalue weighted by Crippen LogP contribution is 2.27. The van der Waals surface area contributed by atoms with Crippen LogP contribution >= 0.6 is 0 Å². The molecule has 0 bridgehead atoms. The first kappa shape index (κ1) is 19.4. The van der Waals surface area contributed by atoms with Gasteiger partial charge in [-0.3, -0.25) is 4.79 Å². The van der Waals surface area contributed by atoms with E-state index < -0.39 is 0 Å². The second-order valence-corrected chi connectivity index (χ2v) is 5.64. The first-order chi connectivity index (χ1) is 12.6. The fraction of sp³-hybridized carbons (Fsp3) is 0.350. The average molecular weight is 359 g/mol. The molecule has 26 heavy (non-hydrogen) atoms. The molecular formula is C20H25NO5. The van der Waals surface area contributed by atoms with E-state index in [0.717, 1.165) is 22.6 Å². The molecule has 0 aliphatic heterocycles. The van der Waals surface area contributed by atoms with Gasteiger partial charge in [0.15, 0.2) is 11.5 Å². The van der Waals surface area contributed by atoms with Gasteiger partial charge in [-0.15, -0.1) is 0 Å². The Morgan fingerprint density at radius 2 is 1.58 bits per heavy atom. The third kappa shape index (κ3) is 5.05.